The van der Waals surface area contributed by atoms with E-state index in [1.165, 1.54) is 6.07 Å². The number of hydrogen-bond donors (Lipinski definition) is 3. The summed E-state index contributed by atoms with van der Waals surface area (Å²) in [5, 5.41) is 22.1. The first kappa shape index (κ1) is 13.0. The molecule has 1 aromatic rings. The summed E-state index contributed by atoms with van der Waals surface area (Å²) in [6.07, 6.45) is -2.01. The van der Waals surface area contributed by atoms with Crippen molar-refractivity contribution in [1.82, 2.24) is 0 Å². The number of carbonyl (C=O) groups excluding carboxylic acids is 2. The number of carbonyl (C=O) groups is 2. The van der Waals surface area contributed by atoms with Crippen LogP contribution in [0.4, 0.5) is 5.69 Å². The fourth-order valence-corrected chi connectivity index (χ4v) is 2.14. The molecule has 0 spiro atoms. The largest absolute Gasteiger partial charge is 0.390 e. The first-order chi connectivity index (χ1) is 8.56. The summed E-state index contributed by atoms with van der Waals surface area (Å²) >= 11 is 5.50. The van der Waals surface area contributed by atoms with Crippen molar-refractivity contribution in [2.45, 2.75) is 18.6 Å². The third-order valence-electron chi connectivity index (χ3n) is 2.87. The predicted octanol–water partition coefficient (Wildman–Crippen LogP) is 0.845. The van der Waals surface area contributed by atoms with Gasteiger partial charge in [-0.25, -0.2) is 0 Å². The van der Waals surface area contributed by atoms with E-state index in [2.05, 4.69) is 5.32 Å². The number of benzene rings is 1. The molecule has 18 heavy (non-hydrogen) atoms. The molecule has 0 radical (unpaired) electrons. The highest BCUT2D eigenvalue weighted by molar-refractivity contribution is 6.51. The fourth-order valence-electron chi connectivity index (χ4n) is 1.91. The number of fused-ring (bicyclic) bond motifs is 1. The average molecular weight is 270 g/mol. The van der Waals surface area contributed by atoms with Crippen molar-refractivity contribution in [3.63, 3.8) is 0 Å². The zero-order chi connectivity index (χ0) is 13.3. The Morgan fingerprint density at radius 3 is 2.67 bits per heavy atom. The number of ketones is 1. The number of alkyl halides is 1. The first-order valence-corrected chi connectivity index (χ1v) is 6.00. The molecule has 2 atom stereocenters. The van der Waals surface area contributed by atoms with E-state index in [9.17, 15) is 19.8 Å². The maximum atomic E-state index is 11.5. The molecule has 1 aliphatic rings. The SMILES string of the molecule is O=C1Nc2c(cccc2C(O)C(O)CCCl)C1=O. The van der Waals surface area contributed by atoms with E-state index < -0.39 is 23.9 Å². The molecule has 0 saturated heterocycles. The summed E-state index contributed by atoms with van der Waals surface area (Å²) in [6, 6.07) is 4.61. The number of Topliss-reactive ketones (excluding diaryl/α,β-unsaturated/α-hetero) is 1. The van der Waals surface area contributed by atoms with Crippen LogP contribution >= 0.6 is 11.6 Å². The number of halogens is 1. The fraction of sp³-hybridized carbons (Fsp3) is 0.333. The molecule has 2 unspecified atom stereocenters. The standard InChI is InChI=1S/C12H12ClNO4/c13-5-4-8(15)10(16)6-2-1-3-7-9(6)14-12(18)11(7)17/h1-3,8,10,15-16H,4-5H2,(H,14,17,18). The van der Waals surface area contributed by atoms with Crippen molar-refractivity contribution in [2.24, 2.45) is 0 Å². The Labute approximate surface area is 108 Å². The smallest absolute Gasteiger partial charge is 0.296 e. The van der Waals surface area contributed by atoms with Gasteiger partial charge in [-0.2, -0.15) is 0 Å². The van der Waals surface area contributed by atoms with Crippen LogP contribution in [0.1, 0.15) is 28.4 Å². The molecule has 5 nitrogen and oxygen atoms in total. The lowest BCUT2D eigenvalue weighted by molar-refractivity contribution is -0.112. The number of amides is 1. The van der Waals surface area contributed by atoms with Crippen LogP contribution in [-0.4, -0.2) is 33.9 Å². The second-order valence-corrected chi connectivity index (χ2v) is 4.42. The summed E-state index contributed by atoms with van der Waals surface area (Å²) in [5.74, 6) is -1.15. The van der Waals surface area contributed by atoms with Crippen molar-refractivity contribution in [1.29, 1.82) is 0 Å². The average Bonchev–Trinajstić information content (AvgIpc) is 2.65. The van der Waals surface area contributed by atoms with Crippen LogP contribution in [0.15, 0.2) is 18.2 Å². The Balaban J connectivity index is 2.37. The third-order valence-corrected chi connectivity index (χ3v) is 3.09. The lowest BCUT2D eigenvalue weighted by Gasteiger charge is -2.19. The van der Waals surface area contributed by atoms with E-state index in [-0.39, 0.29) is 23.6 Å². The summed E-state index contributed by atoms with van der Waals surface area (Å²) in [5.41, 5.74) is 0.813. The second-order valence-electron chi connectivity index (χ2n) is 4.04. The number of aliphatic hydroxyl groups excluding tert-OH is 2. The molecule has 0 aliphatic carbocycles. The summed E-state index contributed by atoms with van der Waals surface area (Å²) in [7, 11) is 0. The molecule has 2 rings (SSSR count). The minimum atomic E-state index is -1.19. The highest BCUT2D eigenvalue weighted by Crippen LogP contribution is 2.33. The van der Waals surface area contributed by atoms with Crippen LogP contribution in [0.5, 0.6) is 0 Å². The normalized spacial score (nSPS) is 17.3. The van der Waals surface area contributed by atoms with E-state index in [1.807, 2.05) is 0 Å². The summed E-state index contributed by atoms with van der Waals surface area (Å²) in [6.45, 7) is 0. The Hall–Kier alpha value is -1.43. The Kier molecular flexibility index (Phi) is 3.65. The van der Waals surface area contributed by atoms with Gasteiger partial charge in [0.2, 0.25) is 0 Å². The lowest BCUT2D eigenvalue weighted by Crippen LogP contribution is -2.20. The van der Waals surface area contributed by atoms with Crippen molar-refractivity contribution < 1.29 is 19.8 Å². The van der Waals surface area contributed by atoms with Gasteiger partial charge < -0.3 is 15.5 Å². The maximum Gasteiger partial charge on any atom is 0.296 e. The zero-order valence-electron chi connectivity index (χ0n) is 9.39. The topological polar surface area (TPSA) is 86.6 Å². The zero-order valence-corrected chi connectivity index (χ0v) is 10.1. The molecule has 6 heteroatoms. The number of hydrogen-bond acceptors (Lipinski definition) is 4. The first-order valence-electron chi connectivity index (χ1n) is 5.47. The molecular formula is C12H12ClNO4. The second kappa shape index (κ2) is 5.06. The molecule has 1 aliphatic heterocycles. The molecule has 0 aromatic heterocycles. The lowest BCUT2D eigenvalue weighted by atomic mass is 9.98. The Morgan fingerprint density at radius 1 is 1.28 bits per heavy atom. The third kappa shape index (κ3) is 2.12. The quantitative estimate of drug-likeness (QED) is 0.559. The van der Waals surface area contributed by atoms with Crippen LogP contribution < -0.4 is 5.32 Å². The molecule has 96 valence electrons. The predicted molar refractivity (Wildman–Crippen MR) is 65.7 cm³/mol. The van der Waals surface area contributed by atoms with Gasteiger partial charge in [0, 0.05) is 11.4 Å². The van der Waals surface area contributed by atoms with Gasteiger partial charge in [0.1, 0.15) is 6.10 Å². The van der Waals surface area contributed by atoms with Gasteiger partial charge in [0.05, 0.1) is 17.4 Å². The number of para-hydroxylation sites is 1. The maximum absolute atomic E-state index is 11.5. The number of anilines is 1. The number of aliphatic hydroxyl groups is 2. The van der Waals surface area contributed by atoms with E-state index in [1.54, 1.807) is 12.1 Å². The van der Waals surface area contributed by atoms with E-state index in [0.717, 1.165) is 0 Å². The van der Waals surface area contributed by atoms with Gasteiger partial charge in [-0.05, 0) is 12.5 Å². The van der Waals surface area contributed by atoms with Gasteiger partial charge in [-0.3, -0.25) is 9.59 Å². The monoisotopic (exact) mass is 269 g/mol. The number of nitrogens with one attached hydrogen (secondary N) is 1. The molecule has 0 bridgehead atoms. The van der Waals surface area contributed by atoms with Crippen LogP contribution in [0.3, 0.4) is 0 Å². The van der Waals surface area contributed by atoms with Crippen LogP contribution in [0, 0.1) is 0 Å². The van der Waals surface area contributed by atoms with E-state index in [4.69, 9.17) is 11.6 Å². The molecule has 1 aromatic carbocycles. The van der Waals surface area contributed by atoms with Crippen LogP contribution in [0.25, 0.3) is 0 Å². The Bertz CT molecular complexity index is 503. The molecule has 3 N–H and O–H groups in total. The van der Waals surface area contributed by atoms with E-state index in [0.29, 0.717) is 5.56 Å². The van der Waals surface area contributed by atoms with Crippen LogP contribution in [0.2, 0.25) is 0 Å². The van der Waals surface area contributed by atoms with Crippen molar-refractivity contribution in [3.8, 4) is 0 Å². The summed E-state index contributed by atoms with van der Waals surface area (Å²) < 4.78 is 0. The molecular weight excluding hydrogens is 258 g/mol. The van der Waals surface area contributed by atoms with Crippen LogP contribution in [-0.2, 0) is 4.79 Å². The van der Waals surface area contributed by atoms with Crippen molar-refractivity contribution in [3.05, 3.63) is 29.3 Å². The molecule has 1 amide bonds. The minimum absolute atomic E-state index is 0.207. The van der Waals surface area contributed by atoms with Gasteiger partial charge in [-0.1, -0.05) is 12.1 Å². The highest BCUT2D eigenvalue weighted by atomic mass is 35.5. The van der Waals surface area contributed by atoms with Crippen molar-refractivity contribution >= 4 is 29.0 Å². The van der Waals surface area contributed by atoms with Gasteiger partial charge in [-0.15, -0.1) is 11.6 Å². The number of rotatable bonds is 4. The molecule has 1 heterocycles. The Morgan fingerprint density at radius 2 is 2.00 bits per heavy atom. The van der Waals surface area contributed by atoms with Gasteiger partial charge in [0.25, 0.3) is 11.7 Å². The minimum Gasteiger partial charge on any atom is -0.390 e. The van der Waals surface area contributed by atoms with Gasteiger partial charge >= 0.3 is 0 Å². The molecule has 0 saturated carbocycles. The molecule has 0 fully saturated rings. The summed E-state index contributed by atoms with van der Waals surface area (Å²) in [4.78, 5) is 22.8. The van der Waals surface area contributed by atoms with Crippen molar-refractivity contribution in [2.75, 3.05) is 11.2 Å². The van der Waals surface area contributed by atoms with E-state index >= 15 is 0 Å². The highest BCUT2D eigenvalue weighted by Gasteiger charge is 2.32. The van der Waals surface area contributed by atoms with Gasteiger partial charge in [0.15, 0.2) is 0 Å².